The van der Waals surface area contributed by atoms with Crippen LogP contribution in [0.5, 0.6) is 5.75 Å². The number of carbonyl (C=O) groups excluding carboxylic acids is 2. The summed E-state index contributed by atoms with van der Waals surface area (Å²) < 4.78 is 18.4. The number of hydrogen-bond acceptors (Lipinski definition) is 3. The summed E-state index contributed by atoms with van der Waals surface area (Å²) in [5.41, 5.74) is 1.60. The van der Waals surface area contributed by atoms with Crippen molar-refractivity contribution >= 4 is 17.5 Å². The van der Waals surface area contributed by atoms with Gasteiger partial charge in [0, 0.05) is 6.54 Å². The number of ether oxygens (including phenoxy) is 1. The number of carbonyl (C=O) groups is 2. The molecule has 0 saturated carbocycles. The van der Waals surface area contributed by atoms with Crippen molar-refractivity contribution in [1.29, 1.82) is 0 Å². The molecule has 2 aromatic rings. The molecule has 0 saturated heterocycles. The Labute approximate surface area is 132 Å². The van der Waals surface area contributed by atoms with Gasteiger partial charge < -0.3 is 15.4 Å². The van der Waals surface area contributed by atoms with Gasteiger partial charge in [0.1, 0.15) is 5.82 Å². The van der Waals surface area contributed by atoms with E-state index >= 15 is 0 Å². The smallest absolute Gasteiger partial charge is 0.265 e. The summed E-state index contributed by atoms with van der Waals surface area (Å²) in [5.74, 6) is -0.539. The van der Waals surface area contributed by atoms with Crippen LogP contribution < -0.4 is 15.4 Å². The van der Waals surface area contributed by atoms with Crippen LogP contribution in [0.1, 0.15) is 22.8 Å². The first-order valence-electron chi connectivity index (χ1n) is 7.18. The van der Waals surface area contributed by atoms with Gasteiger partial charge in [-0.05, 0) is 36.8 Å². The number of amides is 2. The molecular formula is C17H15FN2O3. The standard InChI is InChI=1S/C17H15FN2O3/c1-10-16(21)20-14-4-2-3-13(15(14)23-10)17(22)19-9-11-5-7-12(18)8-6-11/h2-8,10H,9H2,1H3,(H,19,22)(H,20,21). The van der Waals surface area contributed by atoms with Crippen molar-refractivity contribution in [2.75, 3.05) is 5.32 Å². The Balaban J connectivity index is 1.76. The molecule has 0 aromatic heterocycles. The van der Waals surface area contributed by atoms with Crippen molar-refractivity contribution in [1.82, 2.24) is 5.32 Å². The summed E-state index contributed by atoms with van der Waals surface area (Å²) in [6.07, 6.45) is -0.659. The van der Waals surface area contributed by atoms with Gasteiger partial charge in [-0.3, -0.25) is 9.59 Å². The van der Waals surface area contributed by atoms with Crippen molar-refractivity contribution in [3.63, 3.8) is 0 Å². The molecule has 6 heteroatoms. The molecule has 118 valence electrons. The van der Waals surface area contributed by atoms with Gasteiger partial charge in [0.15, 0.2) is 11.9 Å². The second kappa shape index (κ2) is 6.08. The van der Waals surface area contributed by atoms with E-state index in [1.807, 2.05) is 0 Å². The molecule has 0 aliphatic carbocycles. The molecule has 1 atom stereocenters. The van der Waals surface area contributed by atoms with Gasteiger partial charge in [0.2, 0.25) is 0 Å². The van der Waals surface area contributed by atoms with Gasteiger partial charge in [0.05, 0.1) is 11.3 Å². The van der Waals surface area contributed by atoms with E-state index in [0.29, 0.717) is 17.0 Å². The van der Waals surface area contributed by atoms with Crippen LogP contribution in [0.3, 0.4) is 0 Å². The molecule has 0 spiro atoms. The van der Waals surface area contributed by atoms with Crippen molar-refractivity contribution in [2.45, 2.75) is 19.6 Å². The molecule has 1 aliphatic heterocycles. The van der Waals surface area contributed by atoms with Gasteiger partial charge in [-0.25, -0.2) is 4.39 Å². The van der Waals surface area contributed by atoms with E-state index in [0.717, 1.165) is 5.56 Å². The summed E-state index contributed by atoms with van der Waals surface area (Å²) in [6.45, 7) is 1.89. The summed E-state index contributed by atoms with van der Waals surface area (Å²) in [7, 11) is 0. The fraction of sp³-hybridized carbons (Fsp3) is 0.176. The third kappa shape index (κ3) is 3.15. The first kappa shape index (κ1) is 15.0. The fourth-order valence-electron chi connectivity index (χ4n) is 2.29. The van der Waals surface area contributed by atoms with Crippen LogP contribution in [0, 0.1) is 5.82 Å². The highest BCUT2D eigenvalue weighted by Crippen LogP contribution is 2.33. The lowest BCUT2D eigenvalue weighted by Crippen LogP contribution is -2.35. The molecule has 0 fully saturated rings. The van der Waals surface area contributed by atoms with Crippen molar-refractivity contribution in [3.05, 3.63) is 59.4 Å². The highest BCUT2D eigenvalue weighted by molar-refractivity contribution is 6.03. The lowest BCUT2D eigenvalue weighted by Gasteiger charge is -2.25. The maximum absolute atomic E-state index is 12.9. The Bertz CT molecular complexity index is 759. The van der Waals surface area contributed by atoms with Crippen molar-refractivity contribution in [2.24, 2.45) is 0 Å². The maximum Gasteiger partial charge on any atom is 0.265 e. The van der Waals surface area contributed by atoms with Crippen LogP contribution in [-0.4, -0.2) is 17.9 Å². The van der Waals surface area contributed by atoms with Gasteiger partial charge in [-0.15, -0.1) is 0 Å². The molecule has 1 unspecified atom stereocenters. The Morgan fingerprint density at radius 2 is 2.00 bits per heavy atom. The summed E-state index contributed by atoms with van der Waals surface area (Å²) >= 11 is 0. The second-order valence-corrected chi connectivity index (χ2v) is 5.24. The van der Waals surface area contributed by atoms with E-state index in [1.54, 1.807) is 37.3 Å². The molecule has 0 radical (unpaired) electrons. The number of para-hydroxylation sites is 1. The average Bonchev–Trinajstić information content (AvgIpc) is 2.54. The SMILES string of the molecule is CC1Oc2c(cccc2C(=O)NCc2ccc(F)cc2)NC1=O. The van der Waals surface area contributed by atoms with Crippen molar-refractivity contribution < 1.29 is 18.7 Å². The topological polar surface area (TPSA) is 67.4 Å². The van der Waals surface area contributed by atoms with E-state index in [1.165, 1.54) is 12.1 Å². The number of anilines is 1. The Morgan fingerprint density at radius 3 is 2.74 bits per heavy atom. The number of hydrogen-bond donors (Lipinski definition) is 2. The zero-order chi connectivity index (χ0) is 16.4. The highest BCUT2D eigenvalue weighted by Gasteiger charge is 2.27. The van der Waals surface area contributed by atoms with Gasteiger partial charge >= 0.3 is 0 Å². The third-order valence-corrected chi connectivity index (χ3v) is 3.55. The lowest BCUT2D eigenvalue weighted by atomic mass is 10.1. The first-order chi connectivity index (χ1) is 11.0. The Morgan fingerprint density at radius 1 is 1.26 bits per heavy atom. The minimum absolute atomic E-state index is 0.249. The predicted molar refractivity (Wildman–Crippen MR) is 82.7 cm³/mol. The molecule has 3 rings (SSSR count). The van der Waals surface area contributed by atoms with E-state index in [9.17, 15) is 14.0 Å². The van der Waals surface area contributed by atoms with Gasteiger partial charge in [-0.2, -0.15) is 0 Å². The molecule has 2 N–H and O–H groups in total. The molecule has 1 heterocycles. The van der Waals surface area contributed by atoms with Gasteiger partial charge in [-0.1, -0.05) is 18.2 Å². The Kier molecular flexibility index (Phi) is 3.97. The molecule has 23 heavy (non-hydrogen) atoms. The van der Waals surface area contributed by atoms with Crippen LogP contribution in [-0.2, 0) is 11.3 Å². The monoisotopic (exact) mass is 314 g/mol. The minimum atomic E-state index is -0.659. The summed E-state index contributed by atoms with van der Waals surface area (Å²) in [4.78, 5) is 24.0. The fourth-order valence-corrected chi connectivity index (χ4v) is 2.29. The molecular weight excluding hydrogens is 299 g/mol. The quantitative estimate of drug-likeness (QED) is 0.914. The van der Waals surface area contributed by atoms with Crippen LogP contribution in [0.15, 0.2) is 42.5 Å². The maximum atomic E-state index is 12.9. The Hall–Kier alpha value is -2.89. The molecule has 0 bridgehead atoms. The zero-order valence-electron chi connectivity index (χ0n) is 12.4. The largest absolute Gasteiger partial charge is 0.478 e. The van der Waals surface area contributed by atoms with Crippen LogP contribution >= 0.6 is 0 Å². The van der Waals surface area contributed by atoms with E-state index in [4.69, 9.17) is 4.74 Å². The van der Waals surface area contributed by atoms with Crippen LogP contribution in [0.25, 0.3) is 0 Å². The third-order valence-electron chi connectivity index (χ3n) is 3.55. The number of fused-ring (bicyclic) bond motifs is 1. The highest BCUT2D eigenvalue weighted by atomic mass is 19.1. The van der Waals surface area contributed by atoms with Crippen LogP contribution in [0.4, 0.5) is 10.1 Å². The number of benzene rings is 2. The summed E-state index contributed by atoms with van der Waals surface area (Å²) in [5, 5.41) is 5.46. The predicted octanol–water partition coefficient (Wildman–Crippen LogP) is 2.48. The number of rotatable bonds is 3. The minimum Gasteiger partial charge on any atom is -0.478 e. The van der Waals surface area contributed by atoms with E-state index in [2.05, 4.69) is 10.6 Å². The van der Waals surface area contributed by atoms with Crippen molar-refractivity contribution in [3.8, 4) is 5.75 Å². The van der Waals surface area contributed by atoms with E-state index < -0.39 is 6.10 Å². The average molecular weight is 314 g/mol. The summed E-state index contributed by atoms with van der Waals surface area (Å²) in [6, 6.07) is 10.9. The molecule has 5 nitrogen and oxygen atoms in total. The second-order valence-electron chi connectivity index (χ2n) is 5.24. The molecule has 1 aliphatic rings. The normalized spacial score (nSPS) is 16.1. The zero-order valence-corrected chi connectivity index (χ0v) is 12.4. The van der Waals surface area contributed by atoms with Crippen LogP contribution in [0.2, 0.25) is 0 Å². The molecule has 2 amide bonds. The molecule has 2 aromatic carbocycles. The van der Waals surface area contributed by atoms with Gasteiger partial charge in [0.25, 0.3) is 11.8 Å². The number of halogens is 1. The van der Waals surface area contributed by atoms with E-state index in [-0.39, 0.29) is 24.2 Å². The lowest BCUT2D eigenvalue weighted by molar-refractivity contribution is -0.122. The number of nitrogens with one attached hydrogen (secondary N) is 2. The first-order valence-corrected chi connectivity index (χ1v) is 7.18.